The topological polar surface area (TPSA) is 63.1 Å². The van der Waals surface area contributed by atoms with Crippen molar-refractivity contribution < 1.29 is 4.79 Å². The third-order valence-electron chi connectivity index (χ3n) is 3.28. The van der Waals surface area contributed by atoms with E-state index in [0.29, 0.717) is 6.54 Å². The van der Waals surface area contributed by atoms with E-state index in [1.807, 2.05) is 25.1 Å². The largest absolute Gasteiger partial charge is 0.341 e. The van der Waals surface area contributed by atoms with Crippen molar-refractivity contribution in [2.45, 2.75) is 38.8 Å². The SMILES string of the molecule is CC(NCc1cn(C)nn1)C(=O)N1CCCCC1. The Hall–Kier alpha value is -1.43. The van der Waals surface area contributed by atoms with Crippen molar-refractivity contribution in [1.82, 2.24) is 25.2 Å². The highest BCUT2D eigenvalue weighted by Crippen LogP contribution is 2.10. The lowest BCUT2D eigenvalue weighted by Crippen LogP contribution is -2.46. The minimum Gasteiger partial charge on any atom is -0.341 e. The van der Waals surface area contributed by atoms with Gasteiger partial charge in [-0.3, -0.25) is 9.48 Å². The van der Waals surface area contributed by atoms with Gasteiger partial charge in [-0.1, -0.05) is 5.21 Å². The number of hydrogen-bond donors (Lipinski definition) is 1. The van der Waals surface area contributed by atoms with Gasteiger partial charge in [0, 0.05) is 32.9 Å². The molecule has 1 unspecified atom stereocenters. The minimum absolute atomic E-state index is 0.162. The molecule has 1 aromatic heterocycles. The molecule has 0 aliphatic carbocycles. The first-order valence-corrected chi connectivity index (χ1v) is 6.54. The molecule has 1 aliphatic rings. The molecule has 1 N–H and O–H groups in total. The summed E-state index contributed by atoms with van der Waals surface area (Å²) >= 11 is 0. The highest BCUT2D eigenvalue weighted by atomic mass is 16.2. The van der Waals surface area contributed by atoms with Crippen LogP contribution in [0.3, 0.4) is 0 Å². The number of piperidine rings is 1. The van der Waals surface area contributed by atoms with E-state index in [1.54, 1.807) is 4.68 Å². The summed E-state index contributed by atoms with van der Waals surface area (Å²) in [5, 5.41) is 11.0. The maximum absolute atomic E-state index is 12.1. The predicted octanol–water partition coefficient (Wildman–Crippen LogP) is 0.306. The standard InChI is InChI=1S/C12H21N5O/c1-10(12(18)17-6-4-3-5-7-17)13-8-11-9-16(2)15-14-11/h9-10,13H,3-8H2,1-2H3. The van der Waals surface area contributed by atoms with Gasteiger partial charge in [0.05, 0.1) is 11.7 Å². The summed E-state index contributed by atoms with van der Waals surface area (Å²) in [4.78, 5) is 14.1. The molecule has 1 aliphatic heterocycles. The van der Waals surface area contributed by atoms with Gasteiger partial charge < -0.3 is 10.2 Å². The van der Waals surface area contributed by atoms with Gasteiger partial charge in [0.1, 0.15) is 0 Å². The Balaban J connectivity index is 1.79. The number of nitrogens with one attached hydrogen (secondary N) is 1. The molecule has 0 bridgehead atoms. The minimum atomic E-state index is -0.162. The van der Waals surface area contributed by atoms with Crippen molar-refractivity contribution >= 4 is 5.91 Å². The molecule has 100 valence electrons. The van der Waals surface area contributed by atoms with E-state index < -0.39 is 0 Å². The second kappa shape index (κ2) is 5.95. The Morgan fingerprint density at radius 3 is 2.78 bits per heavy atom. The molecular weight excluding hydrogens is 230 g/mol. The molecular formula is C12H21N5O. The Morgan fingerprint density at radius 1 is 1.44 bits per heavy atom. The molecule has 1 saturated heterocycles. The van der Waals surface area contributed by atoms with Crippen molar-refractivity contribution in [3.8, 4) is 0 Å². The second-order valence-corrected chi connectivity index (χ2v) is 4.87. The normalized spacial score (nSPS) is 17.8. The molecule has 6 heteroatoms. The maximum atomic E-state index is 12.1. The number of carbonyl (C=O) groups excluding carboxylic acids is 1. The van der Waals surface area contributed by atoms with Crippen molar-refractivity contribution in [3.63, 3.8) is 0 Å². The third-order valence-corrected chi connectivity index (χ3v) is 3.28. The molecule has 1 fully saturated rings. The molecule has 1 atom stereocenters. The van der Waals surface area contributed by atoms with Crippen molar-refractivity contribution in [2.75, 3.05) is 13.1 Å². The number of carbonyl (C=O) groups is 1. The highest BCUT2D eigenvalue weighted by molar-refractivity contribution is 5.81. The number of amides is 1. The molecule has 0 radical (unpaired) electrons. The van der Waals surface area contributed by atoms with Gasteiger partial charge in [-0.2, -0.15) is 0 Å². The molecule has 18 heavy (non-hydrogen) atoms. The van der Waals surface area contributed by atoms with E-state index in [0.717, 1.165) is 31.6 Å². The number of hydrogen-bond acceptors (Lipinski definition) is 4. The van der Waals surface area contributed by atoms with E-state index in [4.69, 9.17) is 0 Å². The van der Waals surface area contributed by atoms with E-state index in [1.165, 1.54) is 6.42 Å². The van der Waals surface area contributed by atoms with Gasteiger partial charge in [0.15, 0.2) is 0 Å². The Labute approximate surface area is 107 Å². The average molecular weight is 251 g/mol. The van der Waals surface area contributed by atoms with Crippen molar-refractivity contribution in [2.24, 2.45) is 7.05 Å². The smallest absolute Gasteiger partial charge is 0.239 e. The van der Waals surface area contributed by atoms with E-state index in [2.05, 4.69) is 15.6 Å². The summed E-state index contributed by atoms with van der Waals surface area (Å²) in [5.74, 6) is 0.193. The van der Waals surface area contributed by atoms with Crippen LogP contribution in [-0.4, -0.2) is 44.9 Å². The summed E-state index contributed by atoms with van der Waals surface area (Å²) in [7, 11) is 1.83. The van der Waals surface area contributed by atoms with E-state index in [9.17, 15) is 4.79 Å². The predicted molar refractivity (Wildman–Crippen MR) is 67.7 cm³/mol. The number of nitrogens with zero attached hydrogens (tertiary/aromatic N) is 4. The van der Waals surface area contributed by atoms with E-state index in [-0.39, 0.29) is 11.9 Å². The first kappa shape index (κ1) is 13.0. The zero-order chi connectivity index (χ0) is 13.0. The first-order valence-electron chi connectivity index (χ1n) is 6.54. The quantitative estimate of drug-likeness (QED) is 0.836. The molecule has 6 nitrogen and oxygen atoms in total. The van der Waals surface area contributed by atoms with Crippen LogP contribution < -0.4 is 5.32 Å². The van der Waals surface area contributed by atoms with Gasteiger partial charge in [0.2, 0.25) is 5.91 Å². The number of rotatable bonds is 4. The Kier molecular flexibility index (Phi) is 4.30. The molecule has 0 spiro atoms. The van der Waals surface area contributed by atoms with Crippen LogP contribution in [-0.2, 0) is 18.4 Å². The van der Waals surface area contributed by atoms with Gasteiger partial charge in [-0.25, -0.2) is 0 Å². The summed E-state index contributed by atoms with van der Waals surface area (Å²) in [6, 6.07) is -0.162. The fourth-order valence-corrected chi connectivity index (χ4v) is 2.21. The molecule has 0 saturated carbocycles. The summed E-state index contributed by atoms with van der Waals surface area (Å²) < 4.78 is 1.66. The van der Waals surface area contributed by atoms with Gasteiger partial charge >= 0.3 is 0 Å². The van der Waals surface area contributed by atoms with Crippen molar-refractivity contribution in [3.05, 3.63) is 11.9 Å². The summed E-state index contributed by atoms with van der Waals surface area (Å²) in [6.07, 6.45) is 5.35. The summed E-state index contributed by atoms with van der Waals surface area (Å²) in [5.41, 5.74) is 0.857. The van der Waals surface area contributed by atoms with E-state index >= 15 is 0 Å². The maximum Gasteiger partial charge on any atom is 0.239 e. The van der Waals surface area contributed by atoms with Crippen LogP contribution in [0.1, 0.15) is 31.9 Å². The Bertz CT molecular complexity index is 397. The van der Waals surface area contributed by atoms with Crippen LogP contribution in [0, 0.1) is 0 Å². The lowest BCUT2D eigenvalue weighted by Gasteiger charge is -2.29. The molecule has 2 heterocycles. The molecule has 2 rings (SSSR count). The van der Waals surface area contributed by atoms with Crippen LogP contribution in [0.5, 0.6) is 0 Å². The monoisotopic (exact) mass is 251 g/mol. The lowest BCUT2D eigenvalue weighted by molar-refractivity contribution is -0.133. The zero-order valence-electron chi connectivity index (χ0n) is 11.1. The van der Waals surface area contributed by atoms with Crippen LogP contribution >= 0.6 is 0 Å². The fourth-order valence-electron chi connectivity index (χ4n) is 2.21. The van der Waals surface area contributed by atoms with Crippen LogP contribution in [0.15, 0.2) is 6.20 Å². The van der Waals surface area contributed by atoms with Gasteiger partial charge in [0.25, 0.3) is 0 Å². The Morgan fingerprint density at radius 2 is 2.17 bits per heavy atom. The van der Waals surface area contributed by atoms with Crippen LogP contribution in [0.4, 0.5) is 0 Å². The number of aromatic nitrogens is 3. The first-order chi connectivity index (χ1) is 8.66. The van der Waals surface area contributed by atoms with Gasteiger partial charge in [-0.15, -0.1) is 5.10 Å². The third kappa shape index (κ3) is 3.29. The number of aryl methyl sites for hydroxylation is 1. The second-order valence-electron chi connectivity index (χ2n) is 4.87. The molecule has 1 amide bonds. The lowest BCUT2D eigenvalue weighted by atomic mass is 10.1. The van der Waals surface area contributed by atoms with Crippen molar-refractivity contribution in [1.29, 1.82) is 0 Å². The zero-order valence-corrected chi connectivity index (χ0v) is 11.1. The summed E-state index contributed by atoms with van der Waals surface area (Å²) in [6.45, 7) is 4.29. The highest BCUT2D eigenvalue weighted by Gasteiger charge is 2.21. The average Bonchev–Trinajstić information content (AvgIpc) is 2.82. The van der Waals surface area contributed by atoms with Crippen LogP contribution in [0.25, 0.3) is 0 Å². The fraction of sp³-hybridized carbons (Fsp3) is 0.750. The molecule has 1 aromatic rings. The van der Waals surface area contributed by atoms with Crippen LogP contribution in [0.2, 0.25) is 0 Å². The molecule has 0 aromatic carbocycles. The van der Waals surface area contributed by atoms with Gasteiger partial charge in [-0.05, 0) is 26.2 Å². The number of likely N-dealkylation sites (tertiary alicyclic amines) is 1.